The average Bonchev–Trinajstić information content (AvgIpc) is 1.69. The van der Waals surface area contributed by atoms with E-state index in [2.05, 4.69) is 13.8 Å². The van der Waals surface area contributed by atoms with E-state index in [9.17, 15) is 0 Å². The van der Waals surface area contributed by atoms with Crippen LogP contribution in [0.2, 0.25) is 0 Å². The van der Waals surface area contributed by atoms with Crippen LogP contribution in [0.25, 0.3) is 0 Å². The molecule has 0 saturated heterocycles. The molecule has 0 amide bonds. The van der Waals surface area contributed by atoms with E-state index in [0.717, 1.165) is 5.75 Å². The first-order chi connectivity index (χ1) is 3.41. The highest BCUT2D eigenvalue weighted by Crippen LogP contribution is 2.33. The minimum absolute atomic E-state index is 0.970. The third-order valence-corrected chi connectivity index (χ3v) is 4.41. The molecule has 3 heteroatoms. The van der Waals surface area contributed by atoms with Gasteiger partial charge in [-0.05, 0) is 16.7 Å². The molecular weight excluding hydrogens is 144 g/mol. The summed E-state index contributed by atoms with van der Waals surface area (Å²) in [6, 6.07) is 0. The zero-order valence-corrected chi connectivity index (χ0v) is 6.80. The second-order valence-corrected chi connectivity index (χ2v) is 5.44. The van der Waals surface area contributed by atoms with Crippen LogP contribution in [-0.4, -0.2) is 11.5 Å². The lowest BCUT2D eigenvalue weighted by Crippen LogP contribution is -1.56. The fourth-order valence-electron chi connectivity index (χ4n) is 0.116. The third kappa shape index (κ3) is 7.05. The normalized spacial score (nSPS) is 9.43. The van der Waals surface area contributed by atoms with E-state index >= 15 is 0 Å². The van der Waals surface area contributed by atoms with E-state index < -0.39 is 0 Å². The summed E-state index contributed by atoms with van der Waals surface area (Å²) in [7, 11) is 5.50. The molecule has 1 radical (unpaired) electrons. The van der Waals surface area contributed by atoms with Gasteiger partial charge in [-0.3, -0.25) is 0 Å². The van der Waals surface area contributed by atoms with Crippen LogP contribution in [0.5, 0.6) is 0 Å². The van der Waals surface area contributed by atoms with E-state index in [-0.39, 0.29) is 0 Å². The predicted octanol–water partition coefficient (Wildman–Crippen LogP) is 2.87. The molecule has 0 fully saturated rings. The summed E-state index contributed by atoms with van der Waals surface area (Å²) in [4.78, 5) is 0. The highest BCUT2D eigenvalue weighted by Gasteiger charge is 1.81. The Bertz CT molecular complexity index is 26.1. The van der Waals surface area contributed by atoms with Gasteiger partial charge in [0.15, 0.2) is 0 Å². The Labute approximate surface area is 57.0 Å². The maximum Gasteiger partial charge on any atom is 0.00454 e. The Hall–Kier alpha value is 1.05. The van der Waals surface area contributed by atoms with Gasteiger partial charge in [-0.25, -0.2) is 0 Å². The molecule has 0 rings (SSSR count). The van der Waals surface area contributed by atoms with Crippen molar-refractivity contribution in [3.63, 3.8) is 0 Å². The fourth-order valence-corrected chi connectivity index (χ4v) is 3.14. The van der Waals surface area contributed by atoms with Crippen LogP contribution in [0.15, 0.2) is 0 Å². The Balaban J connectivity index is 2.45. The van der Waals surface area contributed by atoms with Crippen LogP contribution in [0.1, 0.15) is 6.92 Å². The first-order valence-electron chi connectivity index (χ1n) is 2.12. The smallest absolute Gasteiger partial charge is 0.00454 e. The van der Waals surface area contributed by atoms with Gasteiger partial charge in [0.05, 0.1) is 0 Å². The second kappa shape index (κ2) is 7.05. The van der Waals surface area contributed by atoms with Crippen LogP contribution in [0.4, 0.5) is 0 Å². The van der Waals surface area contributed by atoms with E-state index in [4.69, 9.17) is 0 Å². The van der Waals surface area contributed by atoms with Crippen LogP contribution in [0, 0.1) is 6.92 Å². The Morgan fingerprint density at radius 2 is 2.14 bits per heavy atom. The molecule has 0 heterocycles. The van der Waals surface area contributed by atoms with E-state index in [1.807, 2.05) is 20.6 Å². The number of hydrogen-bond acceptors (Lipinski definition) is 3. The zero-order valence-electron chi connectivity index (χ0n) is 4.35. The minimum atomic E-state index is 0.970. The first-order valence-corrected chi connectivity index (χ1v) is 5.94. The fraction of sp³-hybridized carbons (Fsp3) is 0.750. The summed E-state index contributed by atoms with van der Waals surface area (Å²) in [5.74, 6) is 2.16. The van der Waals surface area contributed by atoms with Crippen LogP contribution >= 0.6 is 31.4 Å². The summed E-state index contributed by atoms with van der Waals surface area (Å²) in [5.41, 5.74) is 0. The number of hydrogen-bond donors (Lipinski definition) is 0. The lowest BCUT2D eigenvalue weighted by Gasteiger charge is -1.89. The third-order valence-electron chi connectivity index (χ3n) is 0.297. The molecule has 0 aliphatic heterocycles. The van der Waals surface area contributed by atoms with E-state index in [1.165, 1.54) is 5.75 Å². The van der Waals surface area contributed by atoms with Crippen molar-refractivity contribution in [2.45, 2.75) is 6.92 Å². The molecule has 43 valence electrons. The second-order valence-electron chi connectivity index (χ2n) is 0.797. The van der Waals surface area contributed by atoms with Crippen molar-refractivity contribution >= 4 is 31.4 Å². The van der Waals surface area contributed by atoms with Gasteiger partial charge >= 0.3 is 0 Å². The monoisotopic (exact) mass is 153 g/mol. The van der Waals surface area contributed by atoms with Gasteiger partial charge in [-0.15, -0.1) is 0 Å². The van der Waals surface area contributed by atoms with Crippen LogP contribution in [0.3, 0.4) is 0 Å². The molecule has 7 heavy (non-hydrogen) atoms. The quantitative estimate of drug-likeness (QED) is 0.450. The molecule has 0 unspecified atom stereocenters. The first kappa shape index (κ1) is 8.05. The van der Waals surface area contributed by atoms with Crippen molar-refractivity contribution in [1.29, 1.82) is 0 Å². The largest absolute Gasteiger partial charge is 0.0829 e. The Morgan fingerprint density at radius 1 is 1.43 bits per heavy atom. The number of rotatable bonds is 4. The van der Waals surface area contributed by atoms with Crippen LogP contribution < -0.4 is 0 Å². The Morgan fingerprint density at radius 3 is 2.57 bits per heavy atom. The highest BCUT2D eigenvalue weighted by molar-refractivity contribution is 9.09. The van der Waals surface area contributed by atoms with Crippen molar-refractivity contribution in [3.05, 3.63) is 6.92 Å². The average molecular weight is 153 g/mol. The molecule has 0 nitrogen and oxygen atoms in total. The molecule has 0 aromatic heterocycles. The summed E-state index contributed by atoms with van der Waals surface area (Å²) >= 11 is 0. The van der Waals surface area contributed by atoms with Crippen LogP contribution in [-0.2, 0) is 0 Å². The predicted molar refractivity (Wildman–Crippen MR) is 43.5 cm³/mol. The topological polar surface area (TPSA) is 0 Å². The van der Waals surface area contributed by atoms with Crippen molar-refractivity contribution in [3.8, 4) is 0 Å². The minimum Gasteiger partial charge on any atom is -0.0829 e. The molecule has 0 spiro atoms. The van der Waals surface area contributed by atoms with E-state index in [1.54, 1.807) is 10.8 Å². The van der Waals surface area contributed by atoms with Gasteiger partial charge in [-0.1, -0.05) is 28.5 Å². The van der Waals surface area contributed by atoms with Crippen molar-refractivity contribution in [2.24, 2.45) is 0 Å². The molecule has 0 N–H and O–H groups in total. The molecule has 0 aliphatic carbocycles. The highest BCUT2D eigenvalue weighted by atomic mass is 33.5. The lowest BCUT2D eigenvalue weighted by atomic mass is 11.0. The molecule has 0 aromatic rings. The molecule has 0 aromatic carbocycles. The zero-order chi connectivity index (χ0) is 5.54. The van der Waals surface area contributed by atoms with Gasteiger partial charge in [-0.2, -0.15) is 0 Å². The molecule has 0 aliphatic rings. The summed E-state index contributed by atoms with van der Waals surface area (Å²) < 4.78 is 0. The van der Waals surface area contributed by atoms with Crippen molar-refractivity contribution in [1.82, 2.24) is 0 Å². The van der Waals surface area contributed by atoms with Crippen molar-refractivity contribution < 1.29 is 0 Å². The van der Waals surface area contributed by atoms with Crippen molar-refractivity contribution in [2.75, 3.05) is 11.5 Å². The molecular formula is C4H9S3. The summed E-state index contributed by atoms with van der Waals surface area (Å²) in [6.07, 6.45) is 0. The summed E-state index contributed by atoms with van der Waals surface area (Å²) in [5, 5.41) is 0. The molecule has 0 bridgehead atoms. The van der Waals surface area contributed by atoms with Gasteiger partial charge < -0.3 is 0 Å². The van der Waals surface area contributed by atoms with Gasteiger partial charge in [0.25, 0.3) is 0 Å². The van der Waals surface area contributed by atoms with Gasteiger partial charge in [0.2, 0.25) is 0 Å². The molecule has 0 saturated carbocycles. The standard InChI is InChI=1S/C4H9S3/c1-3-5-7-6-4-2/h1,3-4H2,2H3. The SMILES string of the molecule is [CH2]CSSSCC. The maximum atomic E-state index is 3.69. The maximum absolute atomic E-state index is 3.69. The summed E-state index contributed by atoms with van der Waals surface area (Å²) in [6.45, 7) is 5.84. The van der Waals surface area contributed by atoms with Gasteiger partial charge in [0, 0.05) is 11.5 Å². The van der Waals surface area contributed by atoms with E-state index in [0.29, 0.717) is 0 Å². The molecule has 0 atom stereocenters. The van der Waals surface area contributed by atoms with Gasteiger partial charge in [0.1, 0.15) is 0 Å². The lowest BCUT2D eigenvalue weighted by molar-refractivity contribution is 1.54. The Kier molecular flexibility index (Phi) is 8.11.